The Labute approximate surface area is 165 Å². The maximum atomic E-state index is 12.4. The maximum absolute atomic E-state index is 12.4. The minimum atomic E-state index is -0.114. The van der Waals surface area contributed by atoms with Crippen molar-refractivity contribution < 1.29 is 4.79 Å². The molecule has 0 aliphatic rings. The number of aromatic nitrogens is 2. The first-order chi connectivity index (χ1) is 13.4. The first-order valence-corrected chi connectivity index (χ1v) is 9.44. The number of amides is 1. The van der Waals surface area contributed by atoms with Gasteiger partial charge < -0.3 is 9.88 Å². The van der Waals surface area contributed by atoms with E-state index in [1.165, 1.54) is 0 Å². The molecule has 0 aliphatic carbocycles. The molecule has 0 saturated heterocycles. The Kier molecular flexibility index (Phi) is 6.04. The topological polar surface area (TPSA) is 64.0 Å². The van der Waals surface area contributed by atoms with Crippen LogP contribution in [0.25, 0.3) is 11.3 Å². The van der Waals surface area contributed by atoms with Crippen molar-refractivity contribution in [2.45, 2.75) is 33.7 Å². The summed E-state index contributed by atoms with van der Waals surface area (Å²) in [5.41, 5.74) is 5.56. The van der Waals surface area contributed by atoms with E-state index in [1.807, 2.05) is 63.2 Å². The maximum Gasteiger partial charge on any atom is 0.251 e. The number of aryl methyl sites for hydroxylation is 3. The molecule has 3 aromatic rings. The Morgan fingerprint density at radius 3 is 2.46 bits per heavy atom. The van der Waals surface area contributed by atoms with Gasteiger partial charge >= 0.3 is 0 Å². The van der Waals surface area contributed by atoms with Crippen LogP contribution >= 0.6 is 0 Å². The van der Waals surface area contributed by atoms with Crippen LogP contribution in [0, 0.1) is 20.8 Å². The standard InChI is InChI=1S/C23H25N3O2/c1-16-14-17(2)25-21(15-16)19-8-10-20(11-9-19)23(28)24-12-5-13-26-18(3)6-4-7-22(26)27/h4,6-11,14-15H,5,12-13H2,1-3H3,(H,24,28). The van der Waals surface area contributed by atoms with Gasteiger partial charge in [0.25, 0.3) is 11.5 Å². The van der Waals surface area contributed by atoms with Crippen LogP contribution in [0.5, 0.6) is 0 Å². The van der Waals surface area contributed by atoms with Gasteiger partial charge in [-0.1, -0.05) is 18.2 Å². The molecule has 0 aliphatic heterocycles. The zero-order valence-electron chi connectivity index (χ0n) is 16.5. The van der Waals surface area contributed by atoms with Gasteiger partial charge in [-0.05, 0) is 63.1 Å². The lowest BCUT2D eigenvalue weighted by atomic mass is 10.1. The molecular formula is C23H25N3O2. The summed E-state index contributed by atoms with van der Waals surface area (Å²) in [6.07, 6.45) is 0.696. The molecule has 0 spiro atoms. The third-order valence-corrected chi connectivity index (χ3v) is 4.65. The lowest BCUT2D eigenvalue weighted by molar-refractivity contribution is 0.0952. The first-order valence-electron chi connectivity index (χ1n) is 9.44. The van der Waals surface area contributed by atoms with Gasteiger partial charge in [-0.3, -0.25) is 14.6 Å². The monoisotopic (exact) mass is 375 g/mol. The van der Waals surface area contributed by atoms with Crippen molar-refractivity contribution in [1.82, 2.24) is 14.9 Å². The van der Waals surface area contributed by atoms with Crippen LogP contribution in [-0.4, -0.2) is 22.0 Å². The number of nitrogens with zero attached hydrogens (tertiary/aromatic N) is 2. The van der Waals surface area contributed by atoms with Crippen LogP contribution in [0.1, 0.15) is 33.7 Å². The summed E-state index contributed by atoms with van der Waals surface area (Å²) in [6, 6.07) is 16.8. The number of pyridine rings is 2. The van der Waals surface area contributed by atoms with Crippen LogP contribution < -0.4 is 10.9 Å². The number of hydrogen-bond acceptors (Lipinski definition) is 3. The second-order valence-electron chi connectivity index (χ2n) is 7.01. The molecule has 144 valence electrons. The average Bonchev–Trinajstić information content (AvgIpc) is 2.66. The second-order valence-corrected chi connectivity index (χ2v) is 7.01. The highest BCUT2D eigenvalue weighted by molar-refractivity contribution is 5.94. The lowest BCUT2D eigenvalue weighted by Crippen LogP contribution is -2.27. The van der Waals surface area contributed by atoms with Crippen molar-refractivity contribution in [2.75, 3.05) is 6.54 Å². The summed E-state index contributed by atoms with van der Waals surface area (Å²) in [6.45, 7) is 7.03. The van der Waals surface area contributed by atoms with Gasteiger partial charge in [0, 0.05) is 41.7 Å². The number of benzene rings is 1. The highest BCUT2D eigenvalue weighted by Crippen LogP contribution is 2.19. The number of carbonyl (C=O) groups excluding carboxylic acids is 1. The molecule has 0 bridgehead atoms. The lowest BCUT2D eigenvalue weighted by Gasteiger charge is -2.10. The van der Waals surface area contributed by atoms with Gasteiger partial charge in [0.2, 0.25) is 0 Å². The fourth-order valence-corrected chi connectivity index (χ4v) is 3.23. The van der Waals surface area contributed by atoms with E-state index in [1.54, 1.807) is 16.7 Å². The fourth-order valence-electron chi connectivity index (χ4n) is 3.23. The van der Waals surface area contributed by atoms with Crippen LogP contribution in [0.3, 0.4) is 0 Å². The Bertz CT molecular complexity index is 1020. The Balaban J connectivity index is 1.57. The van der Waals surface area contributed by atoms with E-state index in [4.69, 9.17) is 0 Å². The number of carbonyl (C=O) groups is 1. The molecule has 1 N–H and O–H groups in total. The Hall–Kier alpha value is -3.21. The minimum absolute atomic E-state index is 0.0121. The molecule has 1 amide bonds. The molecule has 1 aromatic carbocycles. The van der Waals surface area contributed by atoms with E-state index in [-0.39, 0.29) is 11.5 Å². The quantitative estimate of drug-likeness (QED) is 0.669. The highest BCUT2D eigenvalue weighted by Gasteiger charge is 2.07. The van der Waals surface area contributed by atoms with E-state index in [2.05, 4.69) is 10.3 Å². The van der Waals surface area contributed by atoms with E-state index < -0.39 is 0 Å². The van der Waals surface area contributed by atoms with Crippen molar-refractivity contribution >= 4 is 5.91 Å². The highest BCUT2D eigenvalue weighted by atomic mass is 16.1. The largest absolute Gasteiger partial charge is 0.352 e. The van der Waals surface area contributed by atoms with Gasteiger partial charge in [-0.15, -0.1) is 0 Å². The Morgan fingerprint density at radius 2 is 1.79 bits per heavy atom. The molecule has 2 heterocycles. The number of nitrogens with one attached hydrogen (secondary N) is 1. The summed E-state index contributed by atoms with van der Waals surface area (Å²) in [4.78, 5) is 28.8. The summed E-state index contributed by atoms with van der Waals surface area (Å²) in [7, 11) is 0. The van der Waals surface area contributed by atoms with Crippen molar-refractivity contribution in [3.8, 4) is 11.3 Å². The normalized spacial score (nSPS) is 10.7. The van der Waals surface area contributed by atoms with Crippen molar-refractivity contribution in [2.24, 2.45) is 0 Å². The van der Waals surface area contributed by atoms with E-state index in [9.17, 15) is 9.59 Å². The van der Waals surface area contributed by atoms with E-state index >= 15 is 0 Å². The van der Waals surface area contributed by atoms with Crippen LogP contribution in [0.4, 0.5) is 0 Å². The Morgan fingerprint density at radius 1 is 1.04 bits per heavy atom. The van der Waals surface area contributed by atoms with E-state index in [0.29, 0.717) is 25.1 Å². The third kappa shape index (κ3) is 4.74. The minimum Gasteiger partial charge on any atom is -0.352 e. The molecule has 5 heteroatoms. The summed E-state index contributed by atoms with van der Waals surface area (Å²) >= 11 is 0. The summed E-state index contributed by atoms with van der Waals surface area (Å²) in [5, 5.41) is 2.92. The van der Waals surface area contributed by atoms with Gasteiger partial charge in [0.1, 0.15) is 0 Å². The molecule has 0 unspecified atom stereocenters. The van der Waals surface area contributed by atoms with Crippen LogP contribution in [-0.2, 0) is 6.54 Å². The molecule has 5 nitrogen and oxygen atoms in total. The molecule has 28 heavy (non-hydrogen) atoms. The smallest absolute Gasteiger partial charge is 0.251 e. The zero-order chi connectivity index (χ0) is 20.1. The van der Waals surface area contributed by atoms with E-state index in [0.717, 1.165) is 28.2 Å². The van der Waals surface area contributed by atoms with Gasteiger partial charge in [-0.25, -0.2) is 0 Å². The molecule has 0 saturated carbocycles. The number of hydrogen-bond donors (Lipinski definition) is 1. The zero-order valence-corrected chi connectivity index (χ0v) is 16.5. The third-order valence-electron chi connectivity index (χ3n) is 4.65. The molecule has 0 atom stereocenters. The van der Waals surface area contributed by atoms with Gasteiger partial charge in [0.05, 0.1) is 5.69 Å². The molecular weight excluding hydrogens is 350 g/mol. The molecule has 2 aromatic heterocycles. The van der Waals surface area contributed by atoms with Crippen LogP contribution in [0.15, 0.2) is 59.4 Å². The predicted molar refractivity (Wildman–Crippen MR) is 112 cm³/mol. The second kappa shape index (κ2) is 8.65. The van der Waals surface area contributed by atoms with Crippen molar-refractivity contribution in [3.63, 3.8) is 0 Å². The average molecular weight is 375 g/mol. The van der Waals surface area contributed by atoms with Crippen LogP contribution in [0.2, 0.25) is 0 Å². The molecule has 0 radical (unpaired) electrons. The van der Waals surface area contributed by atoms with Gasteiger partial charge in [0.15, 0.2) is 0 Å². The predicted octanol–water partition coefficient (Wildman–Crippen LogP) is 3.66. The van der Waals surface area contributed by atoms with Crippen molar-refractivity contribution in [3.05, 3.63) is 87.5 Å². The first kappa shape index (κ1) is 19.5. The summed E-state index contributed by atoms with van der Waals surface area (Å²) in [5.74, 6) is -0.114. The van der Waals surface area contributed by atoms with Gasteiger partial charge in [-0.2, -0.15) is 0 Å². The molecule has 3 rings (SSSR count). The number of rotatable bonds is 6. The van der Waals surface area contributed by atoms with Crippen molar-refractivity contribution in [1.29, 1.82) is 0 Å². The molecule has 0 fully saturated rings. The summed E-state index contributed by atoms with van der Waals surface area (Å²) < 4.78 is 1.72. The fraction of sp³-hybridized carbons (Fsp3) is 0.261. The SMILES string of the molecule is Cc1cc(C)nc(-c2ccc(C(=O)NCCCn3c(C)cccc3=O)cc2)c1.